The second-order valence-corrected chi connectivity index (χ2v) is 8.81. The maximum Gasteiger partial charge on any atom is 0.234 e. The van der Waals surface area contributed by atoms with Crippen LogP contribution in [0.2, 0.25) is 0 Å². The lowest BCUT2D eigenvalue weighted by molar-refractivity contribution is -0.122. The molecule has 0 saturated carbocycles. The summed E-state index contributed by atoms with van der Waals surface area (Å²) >= 11 is 0. The van der Waals surface area contributed by atoms with Gasteiger partial charge in [-0.15, -0.1) is 0 Å². The molecule has 176 valence electrons. The summed E-state index contributed by atoms with van der Waals surface area (Å²) in [6.45, 7) is 9.72. The van der Waals surface area contributed by atoms with Gasteiger partial charge in [0.25, 0.3) is 0 Å². The van der Waals surface area contributed by atoms with Gasteiger partial charge in [-0.3, -0.25) is 9.69 Å². The maximum absolute atomic E-state index is 13.0. The number of benzene rings is 2. The van der Waals surface area contributed by atoms with Gasteiger partial charge in [0.15, 0.2) is 0 Å². The van der Waals surface area contributed by atoms with E-state index in [0.29, 0.717) is 25.4 Å². The predicted octanol–water partition coefficient (Wildman–Crippen LogP) is 3.51. The van der Waals surface area contributed by atoms with Crippen LogP contribution in [0.1, 0.15) is 38.8 Å². The standard InChI is InChI=1S/C25H35FN2O4/c1-6-28(16-24(30)27-14-18-7-9-19(26)10-8-18)15-20(29)17-32-23-12-11-21(31-5)13-22(23)25(2,3)4/h7-13,20,29H,6,14-17H2,1-5H3,(H,27,30)/t20-/m0/s1. The van der Waals surface area contributed by atoms with Crippen LogP contribution in [0.15, 0.2) is 42.5 Å². The number of amides is 1. The molecule has 0 aliphatic rings. The van der Waals surface area contributed by atoms with Crippen LogP contribution in [0.25, 0.3) is 0 Å². The number of methoxy groups -OCH3 is 1. The fourth-order valence-corrected chi connectivity index (χ4v) is 3.25. The minimum atomic E-state index is -0.755. The van der Waals surface area contributed by atoms with Crippen LogP contribution in [0, 0.1) is 5.82 Å². The van der Waals surface area contributed by atoms with Crippen molar-refractivity contribution in [3.63, 3.8) is 0 Å². The van der Waals surface area contributed by atoms with E-state index in [2.05, 4.69) is 26.1 Å². The van der Waals surface area contributed by atoms with Gasteiger partial charge in [-0.05, 0) is 47.9 Å². The molecule has 2 rings (SSSR count). The number of halogens is 1. The molecule has 1 amide bonds. The molecule has 32 heavy (non-hydrogen) atoms. The number of carbonyl (C=O) groups is 1. The quantitative estimate of drug-likeness (QED) is 0.553. The van der Waals surface area contributed by atoms with Gasteiger partial charge in [0, 0.05) is 18.7 Å². The second kappa shape index (κ2) is 11.8. The zero-order chi connectivity index (χ0) is 23.7. The third-order valence-corrected chi connectivity index (χ3v) is 5.11. The Kier molecular flexibility index (Phi) is 9.47. The van der Waals surface area contributed by atoms with Crippen molar-refractivity contribution >= 4 is 5.91 Å². The highest BCUT2D eigenvalue weighted by Crippen LogP contribution is 2.34. The number of nitrogens with zero attached hydrogens (tertiary/aromatic N) is 1. The molecule has 0 radical (unpaired) electrons. The highest BCUT2D eigenvalue weighted by Gasteiger charge is 2.21. The number of nitrogens with one attached hydrogen (secondary N) is 1. The van der Waals surface area contributed by atoms with E-state index in [0.717, 1.165) is 16.9 Å². The van der Waals surface area contributed by atoms with Crippen LogP contribution in [0.5, 0.6) is 11.5 Å². The van der Waals surface area contributed by atoms with E-state index >= 15 is 0 Å². The van der Waals surface area contributed by atoms with Crippen molar-refractivity contribution in [1.82, 2.24) is 10.2 Å². The number of aliphatic hydroxyl groups is 1. The van der Waals surface area contributed by atoms with E-state index in [1.54, 1.807) is 19.2 Å². The number of hydrogen-bond acceptors (Lipinski definition) is 5. The smallest absolute Gasteiger partial charge is 0.234 e. The third-order valence-electron chi connectivity index (χ3n) is 5.11. The number of likely N-dealkylation sites (N-methyl/N-ethyl adjacent to an activating group) is 1. The Morgan fingerprint density at radius 2 is 1.88 bits per heavy atom. The van der Waals surface area contributed by atoms with Crippen molar-refractivity contribution in [2.24, 2.45) is 0 Å². The lowest BCUT2D eigenvalue weighted by Gasteiger charge is -2.26. The van der Waals surface area contributed by atoms with Crippen molar-refractivity contribution in [2.45, 2.75) is 45.8 Å². The fourth-order valence-electron chi connectivity index (χ4n) is 3.25. The summed E-state index contributed by atoms with van der Waals surface area (Å²) in [6, 6.07) is 11.6. The SMILES string of the molecule is CCN(CC(=O)NCc1ccc(F)cc1)C[C@H](O)COc1ccc(OC)cc1C(C)(C)C. The van der Waals surface area contributed by atoms with E-state index in [9.17, 15) is 14.3 Å². The Labute approximate surface area is 190 Å². The topological polar surface area (TPSA) is 71.0 Å². The number of rotatable bonds is 11. The Bertz CT molecular complexity index is 865. The van der Waals surface area contributed by atoms with E-state index < -0.39 is 6.10 Å². The van der Waals surface area contributed by atoms with Gasteiger partial charge in [-0.25, -0.2) is 4.39 Å². The number of carbonyl (C=O) groups excluding carboxylic acids is 1. The molecule has 0 saturated heterocycles. The lowest BCUT2D eigenvalue weighted by atomic mass is 9.86. The molecule has 0 bridgehead atoms. The van der Waals surface area contributed by atoms with Crippen LogP contribution in [0.4, 0.5) is 4.39 Å². The second-order valence-electron chi connectivity index (χ2n) is 8.81. The highest BCUT2D eigenvalue weighted by molar-refractivity contribution is 5.78. The van der Waals surface area contributed by atoms with Crippen LogP contribution in [0.3, 0.4) is 0 Å². The molecule has 0 spiro atoms. The molecule has 0 aliphatic heterocycles. The normalized spacial score (nSPS) is 12.5. The average molecular weight is 447 g/mol. The van der Waals surface area contributed by atoms with Gasteiger partial charge >= 0.3 is 0 Å². The summed E-state index contributed by atoms with van der Waals surface area (Å²) in [7, 11) is 1.63. The molecule has 2 aromatic rings. The first-order valence-electron chi connectivity index (χ1n) is 10.8. The molecule has 2 aromatic carbocycles. The zero-order valence-electron chi connectivity index (χ0n) is 19.7. The summed E-state index contributed by atoms with van der Waals surface area (Å²) in [6.07, 6.45) is -0.755. The Balaban J connectivity index is 1.86. The highest BCUT2D eigenvalue weighted by atomic mass is 19.1. The third kappa shape index (κ3) is 8.13. The molecule has 2 N–H and O–H groups in total. The van der Waals surface area contributed by atoms with Gasteiger partial charge in [0.2, 0.25) is 5.91 Å². The number of aliphatic hydroxyl groups excluding tert-OH is 1. The largest absolute Gasteiger partial charge is 0.497 e. The molecule has 0 aliphatic carbocycles. The van der Waals surface area contributed by atoms with Crippen LogP contribution < -0.4 is 14.8 Å². The molecule has 7 heteroatoms. The van der Waals surface area contributed by atoms with Crippen LogP contribution >= 0.6 is 0 Å². The first kappa shape index (κ1) is 25.6. The van der Waals surface area contributed by atoms with E-state index in [1.165, 1.54) is 12.1 Å². The molecular formula is C25H35FN2O4. The maximum atomic E-state index is 13.0. The fraction of sp³-hybridized carbons (Fsp3) is 0.480. The van der Waals surface area contributed by atoms with E-state index in [1.807, 2.05) is 30.0 Å². The Morgan fingerprint density at radius 1 is 1.19 bits per heavy atom. The first-order valence-corrected chi connectivity index (χ1v) is 10.8. The van der Waals surface area contributed by atoms with Gasteiger partial charge in [-0.2, -0.15) is 0 Å². The van der Waals surface area contributed by atoms with E-state index in [-0.39, 0.29) is 30.3 Å². The summed E-state index contributed by atoms with van der Waals surface area (Å²) < 4.78 is 24.2. The van der Waals surface area contributed by atoms with Gasteiger partial charge in [0.1, 0.15) is 30.0 Å². The average Bonchev–Trinajstić information content (AvgIpc) is 2.76. The van der Waals surface area contributed by atoms with Gasteiger partial charge in [0.05, 0.1) is 13.7 Å². The van der Waals surface area contributed by atoms with Crippen LogP contribution in [-0.4, -0.2) is 55.4 Å². The number of ether oxygens (including phenoxy) is 2. The monoisotopic (exact) mass is 446 g/mol. The molecule has 1 atom stereocenters. The molecule has 0 fully saturated rings. The Hall–Kier alpha value is -2.64. The minimum Gasteiger partial charge on any atom is -0.497 e. The summed E-state index contributed by atoms with van der Waals surface area (Å²) in [5, 5.41) is 13.3. The minimum absolute atomic E-state index is 0.114. The molecule has 0 heterocycles. The molecule has 0 aromatic heterocycles. The summed E-state index contributed by atoms with van der Waals surface area (Å²) in [5.41, 5.74) is 1.68. The number of hydrogen-bond donors (Lipinski definition) is 2. The zero-order valence-corrected chi connectivity index (χ0v) is 19.7. The summed E-state index contributed by atoms with van der Waals surface area (Å²) in [5.74, 6) is 0.997. The van der Waals surface area contributed by atoms with Crippen molar-refractivity contribution < 1.29 is 23.8 Å². The van der Waals surface area contributed by atoms with E-state index in [4.69, 9.17) is 9.47 Å². The van der Waals surface area contributed by atoms with Crippen molar-refractivity contribution in [2.75, 3.05) is 33.4 Å². The van der Waals surface area contributed by atoms with Crippen LogP contribution in [-0.2, 0) is 16.8 Å². The molecule has 0 unspecified atom stereocenters. The lowest BCUT2D eigenvalue weighted by Crippen LogP contribution is -2.42. The van der Waals surface area contributed by atoms with Gasteiger partial charge in [-0.1, -0.05) is 39.8 Å². The van der Waals surface area contributed by atoms with Crippen molar-refractivity contribution in [3.8, 4) is 11.5 Å². The predicted molar refractivity (Wildman–Crippen MR) is 124 cm³/mol. The summed E-state index contributed by atoms with van der Waals surface area (Å²) in [4.78, 5) is 14.1. The van der Waals surface area contributed by atoms with Gasteiger partial charge < -0.3 is 19.9 Å². The van der Waals surface area contributed by atoms with Crippen molar-refractivity contribution in [1.29, 1.82) is 0 Å². The van der Waals surface area contributed by atoms with Crippen molar-refractivity contribution in [3.05, 3.63) is 59.4 Å². The molecule has 6 nitrogen and oxygen atoms in total. The Morgan fingerprint density at radius 3 is 2.47 bits per heavy atom. The molecular weight excluding hydrogens is 411 g/mol. The first-order chi connectivity index (χ1) is 15.1.